The maximum Gasteiger partial charge on any atom is 0.0948 e. The summed E-state index contributed by atoms with van der Waals surface area (Å²) in [6.45, 7) is 8.21. The molecule has 0 bridgehead atoms. The Morgan fingerprint density at radius 1 is 1.42 bits per heavy atom. The smallest absolute Gasteiger partial charge is 0.0948 e. The Kier molecular flexibility index (Phi) is 4.96. The highest BCUT2D eigenvalue weighted by Crippen LogP contribution is 2.23. The number of piperidine rings is 1. The average Bonchev–Trinajstić information content (AvgIpc) is 2.87. The van der Waals surface area contributed by atoms with E-state index in [1.807, 2.05) is 12.5 Å². The molecule has 1 fully saturated rings. The van der Waals surface area contributed by atoms with Crippen LogP contribution in [0.5, 0.6) is 0 Å². The molecule has 5 heteroatoms. The molecule has 0 amide bonds. The molecule has 3 unspecified atom stereocenters. The molecule has 0 aromatic carbocycles. The number of hydrogen-bond acceptors (Lipinski definition) is 4. The fourth-order valence-corrected chi connectivity index (χ4v) is 2.98. The summed E-state index contributed by atoms with van der Waals surface area (Å²) in [6, 6.07) is 1.28. The van der Waals surface area contributed by atoms with E-state index in [0.29, 0.717) is 18.6 Å². The molecule has 2 rings (SSSR count). The number of nitrogens with zero attached hydrogens (tertiary/aromatic N) is 3. The third-order valence-electron chi connectivity index (χ3n) is 4.18. The maximum atomic E-state index is 5.97. The Bertz CT molecular complexity index is 379. The van der Waals surface area contributed by atoms with Crippen molar-refractivity contribution >= 4 is 0 Å². The minimum absolute atomic E-state index is 0.144. The zero-order valence-electron chi connectivity index (χ0n) is 12.3. The normalized spacial score (nSPS) is 26.5. The van der Waals surface area contributed by atoms with Crippen molar-refractivity contribution in [2.45, 2.75) is 64.7 Å². The van der Waals surface area contributed by atoms with Crippen LogP contribution in [0, 0.1) is 0 Å². The Labute approximate surface area is 116 Å². The summed E-state index contributed by atoms with van der Waals surface area (Å²) in [6.07, 6.45) is 7.63. The van der Waals surface area contributed by atoms with E-state index in [1.54, 1.807) is 0 Å². The van der Waals surface area contributed by atoms with Crippen molar-refractivity contribution in [3.63, 3.8) is 0 Å². The van der Waals surface area contributed by atoms with Crippen molar-refractivity contribution in [3.8, 4) is 0 Å². The second-order valence-electron chi connectivity index (χ2n) is 5.56. The predicted molar refractivity (Wildman–Crippen MR) is 77.4 cm³/mol. The van der Waals surface area contributed by atoms with Gasteiger partial charge in [0, 0.05) is 31.4 Å². The van der Waals surface area contributed by atoms with Crippen molar-refractivity contribution in [3.05, 3.63) is 18.2 Å². The van der Waals surface area contributed by atoms with Crippen LogP contribution in [0.2, 0.25) is 0 Å². The molecule has 1 aromatic rings. The first kappa shape index (κ1) is 14.5. The average molecular weight is 265 g/mol. The third-order valence-corrected chi connectivity index (χ3v) is 4.18. The molecule has 0 aliphatic carbocycles. The van der Waals surface area contributed by atoms with Crippen molar-refractivity contribution in [1.29, 1.82) is 0 Å². The van der Waals surface area contributed by atoms with E-state index in [0.717, 1.165) is 6.54 Å². The Balaban J connectivity index is 2.10. The number of rotatable bonds is 5. The van der Waals surface area contributed by atoms with Gasteiger partial charge in [-0.05, 0) is 33.6 Å². The Morgan fingerprint density at radius 3 is 2.68 bits per heavy atom. The quantitative estimate of drug-likeness (QED) is 0.850. The van der Waals surface area contributed by atoms with Crippen LogP contribution in [-0.4, -0.2) is 33.2 Å². The number of aromatic nitrogens is 2. The molecule has 3 N–H and O–H groups in total. The molecular formula is C14H27N5. The first-order valence-electron chi connectivity index (χ1n) is 7.42. The second-order valence-corrected chi connectivity index (χ2v) is 5.56. The molecule has 1 saturated heterocycles. The number of aryl methyl sites for hydroxylation is 1. The summed E-state index contributed by atoms with van der Waals surface area (Å²) in [4.78, 5) is 4.24. The summed E-state index contributed by atoms with van der Waals surface area (Å²) in [5.41, 5.74) is 10.8. The fraction of sp³-hybridized carbons (Fsp3) is 0.786. The van der Waals surface area contributed by atoms with Crippen LogP contribution in [-0.2, 0) is 6.54 Å². The van der Waals surface area contributed by atoms with Gasteiger partial charge in [0.25, 0.3) is 0 Å². The highest BCUT2D eigenvalue weighted by atomic mass is 15.5. The van der Waals surface area contributed by atoms with E-state index in [9.17, 15) is 0 Å². The molecule has 108 valence electrons. The van der Waals surface area contributed by atoms with Crippen LogP contribution < -0.4 is 11.2 Å². The van der Waals surface area contributed by atoms with Gasteiger partial charge in [0.2, 0.25) is 0 Å². The standard InChI is InChI=1S/C14H27N5/c1-4-18-10-16-9-14(18)13(8-15)17-19-11(2)6-5-7-12(19)3/h9-13,17H,4-8,15H2,1-3H3. The summed E-state index contributed by atoms with van der Waals surface area (Å²) < 4.78 is 2.16. The first-order chi connectivity index (χ1) is 9.17. The van der Waals surface area contributed by atoms with E-state index in [-0.39, 0.29) is 6.04 Å². The van der Waals surface area contributed by atoms with Crippen molar-refractivity contribution in [1.82, 2.24) is 20.0 Å². The lowest BCUT2D eigenvalue weighted by Gasteiger charge is -2.41. The molecular weight excluding hydrogens is 238 g/mol. The minimum atomic E-state index is 0.144. The van der Waals surface area contributed by atoms with Gasteiger partial charge in [0.05, 0.1) is 18.1 Å². The van der Waals surface area contributed by atoms with Gasteiger partial charge in [-0.2, -0.15) is 0 Å². The summed E-state index contributed by atoms with van der Waals surface area (Å²) >= 11 is 0. The van der Waals surface area contributed by atoms with Crippen LogP contribution in [0.25, 0.3) is 0 Å². The van der Waals surface area contributed by atoms with Gasteiger partial charge in [-0.3, -0.25) is 0 Å². The first-order valence-corrected chi connectivity index (χ1v) is 7.42. The van der Waals surface area contributed by atoms with Crippen LogP contribution in [0.4, 0.5) is 0 Å². The largest absolute Gasteiger partial charge is 0.333 e. The Hall–Kier alpha value is -0.910. The van der Waals surface area contributed by atoms with Gasteiger partial charge in [-0.25, -0.2) is 15.4 Å². The van der Waals surface area contributed by atoms with E-state index < -0.39 is 0 Å². The fourth-order valence-electron chi connectivity index (χ4n) is 2.98. The van der Waals surface area contributed by atoms with Crippen molar-refractivity contribution < 1.29 is 0 Å². The molecule has 1 aromatic heterocycles. The molecule has 0 saturated carbocycles. The topological polar surface area (TPSA) is 59.1 Å². The zero-order valence-corrected chi connectivity index (χ0v) is 12.3. The molecule has 0 spiro atoms. The summed E-state index contributed by atoms with van der Waals surface area (Å²) in [7, 11) is 0. The SMILES string of the molecule is CCn1cncc1C(CN)NN1C(C)CCCC1C. The van der Waals surface area contributed by atoms with Gasteiger partial charge in [0.15, 0.2) is 0 Å². The second kappa shape index (κ2) is 6.50. The van der Waals surface area contributed by atoms with Crippen LogP contribution in [0.15, 0.2) is 12.5 Å². The highest BCUT2D eigenvalue weighted by Gasteiger charge is 2.27. The van der Waals surface area contributed by atoms with E-state index in [1.165, 1.54) is 25.0 Å². The van der Waals surface area contributed by atoms with Gasteiger partial charge in [0.1, 0.15) is 0 Å². The predicted octanol–water partition coefficient (Wildman–Crippen LogP) is 1.67. The molecule has 1 aliphatic heterocycles. The van der Waals surface area contributed by atoms with E-state index in [4.69, 9.17) is 5.73 Å². The summed E-state index contributed by atoms with van der Waals surface area (Å²) in [5.74, 6) is 0. The number of imidazole rings is 1. The van der Waals surface area contributed by atoms with Gasteiger partial charge in [-0.15, -0.1) is 0 Å². The lowest BCUT2D eigenvalue weighted by molar-refractivity contribution is 0.0292. The lowest BCUT2D eigenvalue weighted by Crippen LogP contribution is -2.54. The molecule has 19 heavy (non-hydrogen) atoms. The van der Waals surface area contributed by atoms with Gasteiger partial charge < -0.3 is 10.3 Å². The number of nitrogens with one attached hydrogen (secondary N) is 1. The van der Waals surface area contributed by atoms with E-state index >= 15 is 0 Å². The molecule has 0 radical (unpaired) electrons. The van der Waals surface area contributed by atoms with Crippen molar-refractivity contribution in [2.24, 2.45) is 5.73 Å². The lowest BCUT2D eigenvalue weighted by atomic mass is 9.99. The van der Waals surface area contributed by atoms with Crippen LogP contribution in [0.1, 0.15) is 51.8 Å². The maximum absolute atomic E-state index is 5.97. The molecule has 5 nitrogen and oxygen atoms in total. The van der Waals surface area contributed by atoms with Crippen LogP contribution >= 0.6 is 0 Å². The Morgan fingerprint density at radius 2 is 2.11 bits per heavy atom. The number of hydrogen-bond donors (Lipinski definition) is 2. The number of nitrogens with two attached hydrogens (primary N) is 1. The van der Waals surface area contributed by atoms with E-state index in [2.05, 4.69) is 40.8 Å². The molecule has 2 heterocycles. The monoisotopic (exact) mass is 265 g/mol. The van der Waals surface area contributed by atoms with Crippen molar-refractivity contribution in [2.75, 3.05) is 6.54 Å². The van der Waals surface area contributed by atoms with Gasteiger partial charge in [-0.1, -0.05) is 6.42 Å². The zero-order chi connectivity index (χ0) is 13.8. The molecule has 3 atom stereocenters. The van der Waals surface area contributed by atoms with Crippen LogP contribution in [0.3, 0.4) is 0 Å². The highest BCUT2D eigenvalue weighted by molar-refractivity contribution is 5.06. The third kappa shape index (κ3) is 3.16. The number of hydrazine groups is 1. The minimum Gasteiger partial charge on any atom is -0.333 e. The summed E-state index contributed by atoms with van der Waals surface area (Å²) in [5, 5.41) is 2.38. The van der Waals surface area contributed by atoms with Gasteiger partial charge >= 0.3 is 0 Å². The molecule has 1 aliphatic rings.